The molecule has 0 saturated heterocycles. The van der Waals surface area contributed by atoms with Gasteiger partial charge >= 0.3 is 0 Å². The number of Topliss-reactive ketones (excluding diaryl/α,β-unsaturated/α-hetero) is 1. The molecule has 104 valence electrons. The van der Waals surface area contributed by atoms with Crippen LogP contribution in [0.5, 0.6) is 0 Å². The molecular formula is C16H15BrClNO. The molecule has 4 heteroatoms. The second-order valence-electron chi connectivity index (χ2n) is 4.69. The third kappa shape index (κ3) is 4.17. The van der Waals surface area contributed by atoms with Gasteiger partial charge in [-0.1, -0.05) is 45.7 Å². The van der Waals surface area contributed by atoms with Crippen molar-refractivity contribution in [3.63, 3.8) is 0 Å². The van der Waals surface area contributed by atoms with E-state index >= 15 is 0 Å². The number of likely N-dealkylation sites (N-methyl/N-ethyl adjacent to an activating group) is 1. The normalized spacial score (nSPS) is 10.8. The minimum absolute atomic E-state index is 0.0937. The Labute approximate surface area is 132 Å². The first-order valence-corrected chi connectivity index (χ1v) is 7.44. The Balaban J connectivity index is 1.98. The summed E-state index contributed by atoms with van der Waals surface area (Å²) in [7, 11) is 1.94. The largest absolute Gasteiger partial charge is 0.295 e. The van der Waals surface area contributed by atoms with E-state index in [1.807, 2.05) is 36.2 Å². The third-order valence-corrected chi connectivity index (χ3v) is 4.00. The second kappa shape index (κ2) is 7.02. The van der Waals surface area contributed by atoms with Gasteiger partial charge in [-0.15, -0.1) is 0 Å². The molecule has 0 aliphatic rings. The first kappa shape index (κ1) is 15.2. The summed E-state index contributed by atoms with van der Waals surface area (Å²) in [6, 6.07) is 15.0. The molecule has 0 radical (unpaired) electrons. The summed E-state index contributed by atoms with van der Waals surface area (Å²) in [5.74, 6) is 0.0937. The summed E-state index contributed by atoms with van der Waals surface area (Å²) in [5, 5.41) is 0.642. The predicted molar refractivity (Wildman–Crippen MR) is 86.3 cm³/mol. The number of ketones is 1. The summed E-state index contributed by atoms with van der Waals surface area (Å²) in [5.41, 5.74) is 1.85. The van der Waals surface area contributed by atoms with Crippen molar-refractivity contribution in [3.05, 3.63) is 69.2 Å². The number of hydrogen-bond acceptors (Lipinski definition) is 2. The molecule has 0 N–H and O–H groups in total. The third-order valence-electron chi connectivity index (χ3n) is 2.98. The summed E-state index contributed by atoms with van der Waals surface area (Å²) < 4.78 is 1.06. The Morgan fingerprint density at radius 3 is 2.45 bits per heavy atom. The summed E-state index contributed by atoms with van der Waals surface area (Å²) in [6.45, 7) is 1.10. The van der Waals surface area contributed by atoms with E-state index in [1.54, 1.807) is 24.3 Å². The molecule has 0 spiro atoms. The zero-order valence-electron chi connectivity index (χ0n) is 11.1. The van der Waals surface area contributed by atoms with Crippen LogP contribution in [0.3, 0.4) is 0 Å². The molecule has 0 atom stereocenters. The van der Waals surface area contributed by atoms with Crippen LogP contribution in [-0.2, 0) is 6.54 Å². The molecule has 2 nitrogen and oxygen atoms in total. The maximum atomic E-state index is 12.1. The Kier molecular flexibility index (Phi) is 5.35. The van der Waals surface area contributed by atoms with E-state index in [1.165, 1.54) is 5.56 Å². The first-order chi connectivity index (χ1) is 9.56. The topological polar surface area (TPSA) is 20.3 Å². The van der Waals surface area contributed by atoms with Crippen molar-refractivity contribution in [2.75, 3.05) is 13.6 Å². The van der Waals surface area contributed by atoms with E-state index in [4.69, 9.17) is 11.6 Å². The highest BCUT2D eigenvalue weighted by molar-refractivity contribution is 9.10. The molecule has 0 unspecified atom stereocenters. The number of hydrogen-bond donors (Lipinski definition) is 0. The molecule has 0 aliphatic carbocycles. The lowest BCUT2D eigenvalue weighted by molar-refractivity contribution is 0.0943. The number of halogens is 2. The van der Waals surface area contributed by atoms with Crippen LogP contribution < -0.4 is 0 Å². The monoisotopic (exact) mass is 351 g/mol. The van der Waals surface area contributed by atoms with Gasteiger partial charge in [-0.25, -0.2) is 0 Å². The first-order valence-electron chi connectivity index (χ1n) is 6.27. The quantitative estimate of drug-likeness (QED) is 0.743. The molecule has 0 amide bonds. The van der Waals surface area contributed by atoms with Gasteiger partial charge in [-0.3, -0.25) is 9.69 Å². The Morgan fingerprint density at radius 1 is 1.15 bits per heavy atom. The van der Waals surface area contributed by atoms with Gasteiger partial charge in [0.2, 0.25) is 0 Å². The van der Waals surface area contributed by atoms with Crippen molar-refractivity contribution in [2.45, 2.75) is 6.54 Å². The van der Waals surface area contributed by atoms with Gasteiger partial charge in [0.1, 0.15) is 0 Å². The van der Waals surface area contributed by atoms with Crippen molar-refractivity contribution in [1.82, 2.24) is 4.90 Å². The van der Waals surface area contributed by atoms with Crippen LogP contribution >= 0.6 is 27.5 Å². The van der Waals surface area contributed by atoms with Gasteiger partial charge in [0.15, 0.2) is 5.78 Å². The maximum absolute atomic E-state index is 12.1. The Bertz CT molecular complexity index is 598. The van der Waals surface area contributed by atoms with Crippen LogP contribution in [0.25, 0.3) is 0 Å². The van der Waals surface area contributed by atoms with Crippen molar-refractivity contribution in [2.24, 2.45) is 0 Å². The van der Waals surface area contributed by atoms with E-state index in [0.29, 0.717) is 17.1 Å². The summed E-state index contributed by atoms with van der Waals surface area (Å²) in [6.07, 6.45) is 0. The SMILES string of the molecule is CN(CC(=O)c1ccc(Cl)cc1)Cc1ccccc1Br. The highest BCUT2D eigenvalue weighted by Gasteiger charge is 2.10. The van der Waals surface area contributed by atoms with Gasteiger partial charge in [0.25, 0.3) is 0 Å². The van der Waals surface area contributed by atoms with Crippen LogP contribution in [-0.4, -0.2) is 24.3 Å². The highest BCUT2D eigenvalue weighted by atomic mass is 79.9. The predicted octanol–water partition coefficient (Wildman–Crippen LogP) is 4.42. The number of rotatable bonds is 5. The van der Waals surface area contributed by atoms with Crippen molar-refractivity contribution < 1.29 is 4.79 Å². The molecular weight excluding hydrogens is 338 g/mol. The molecule has 2 aromatic rings. The van der Waals surface area contributed by atoms with E-state index in [9.17, 15) is 4.79 Å². The molecule has 0 fully saturated rings. The van der Waals surface area contributed by atoms with Crippen LogP contribution in [0, 0.1) is 0 Å². The fourth-order valence-corrected chi connectivity index (χ4v) is 2.48. The molecule has 2 aromatic carbocycles. The van der Waals surface area contributed by atoms with Gasteiger partial charge in [-0.2, -0.15) is 0 Å². The number of nitrogens with zero attached hydrogens (tertiary/aromatic N) is 1. The maximum Gasteiger partial charge on any atom is 0.176 e. The van der Waals surface area contributed by atoms with Gasteiger partial charge in [0.05, 0.1) is 6.54 Å². The number of carbonyl (C=O) groups excluding carboxylic acids is 1. The molecule has 2 rings (SSSR count). The molecule has 0 heterocycles. The molecule has 0 saturated carbocycles. The van der Waals surface area contributed by atoms with Crippen molar-refractivity contribution in [3.8, 4) is 0 Å². The van der Waals surface area contributed by atoms with Gasteiger partial charge < -0.3 is 0 Å². The molecule has 0 bridgehead atoms. The summed E-state index contributed by atoms with van der Waals surface area (Å²) >= 11 is 9.34. The van der Waals surface area contributed by atoms with Gasteiger partial charge in [-0.05, 0) is 42.9 Å². The van der Waals surface area contributed by atoms with Crippen LogP contribution in [0.1, 0.15) is 15.9 Å². The van der Waals surface area contributed by atoms with E-state index in [0.717, 1.165) is 11.0 Å². The van der Waals surface area contributed by atoms with Crippen molar-refractivity contribution >= 4 is 33.3 Å². The Morgan fingerprint density at radius 2 is 1.80 bits per heavy atom. The van der Waals surface area contributed by atoms with Crippen LogP contribution in [0.4, 0.5) is 0 Å². The standard InChI is InChI=1S/C16H15BrClNO/c1-19(10-13-4-2-3-5-15(13)17)11-16(20)12-6-8-14(18)9-7-12/h2-9H,10-11H2,1H3. The smallest absolute Gasteiger partial charge is 0.176 e. The Hall–Kier alpha value is -1.16. The lowest BCUT2D eigenvalue weighted by Gasteiger charge is -2.16. The highest BCUT2D eigenvalue weighted by Crippen LogP contribution is 2.17. The average molecular weight is 353 g/mol. The summed E-state index contributed by atoms with van der Waals surface area (Å²) in [4.78, 5) is 14.1. The average Bonchev–Trinajstić information content (AvgIpc) is 2.42. The lowest BCUT2D eigenvalue weighted by Crippen LogP contribution is -2.25. The molecule has 0 aromatic heterocycles. The van der Waals surface area contributed by atoms with Gasteiger partial charge in [0, 0.05) is 21.6 Å². The number of carbonyl (C=O) groups is 1. The second-order valence-corrected chi connectivity index (χ2v) is 5.98. The van der Waals surface area contributed by atoms with Crippen LogP contribution in [0.15, 0.2) is 53.0 Å². The fourth-order valence-electron chi connectivity index (χ4n) is 1.95. The van der Waals surface area contributed by atoms with Crippen LogP contribution in [0.2, 0.25) is 5.02 Å². The zero-order valence-corrected chi connectivity index (χ0v) is 13.5. The lowest BCUT2D eigenvalue weighted by atomic mass is 10.1. The number of benzene rings is 2. The minimum Gasteiger partial charge on any atom is -0.295 e. The van der Waals surface area contributed by atoms with E-state index < -0.39 is 0 Å². The van der Waals surface area contributed by atoms with E-state index in [2.05, 4.69) is 15.9 Å². The van der Waals surface area contributed by atoms with E-state index in [-0.39, 0.29) is 5.78 Å². The van der Waals surface area contributed by atoms with Crippen molar-refractivity contribution in [1.29, 1.82) is 0 Å². The molecule has 20 heavy (non-hydrogen) atoms. The minimum atomic E-state index is 0.0937. The molecule has 0 aliphatic heterocycles. The fraction of sp³-hybridized carbons (Fsp3) is 0.188. The zero-order chi connectivity index (χ0) is 14.5.